The Balaban J connectivity index is 1.73. The van der Waals surface area contributed by atoms with Crippen LogP contribution in [0.4, 0.5) is 0 Å². The van der Waals surface area contributed by atoms with E-state index >= 15 is 0 Å². The van der Waals surface area contributed by atoms with Crippen molar-refractivity contribution in [1.29, 1.82) is 0 Å². The smallest absolute Gasteiger partial charge is 0.228 e. The molecule has 0 radical (unpaired) electrons. The molecule has 1 amide bonds. The average molecular weight is 307 g/mol. The fourth-order valence-electron chi connectivity index (χ4n) is 2.67. The van der Waals surface area contributed by atoms with E-state index in [1.807, 2.05) is 78.0 Å². The number of amides is 1. The number of hydrogen-bond acceptors (Lipinski definition) is 2. The van der Waals surface area contributed by atoms with Crippen LogP contribution >= 0.6 is 0 Å². The summed E-state index contributed by atoms with van der Waals surface area (Å²) >= 11 is 0. The summed E-state index contributed by atoms with van der Waals surface area (Å²) in [6.07, 6.45) is 4.25. The van der Waals surface area contributed by atoms with E-state index in [1.54, 1.807) is 0 Å². The number of carbonyl (C=O) groups is 1. The summed E-state index contributed by atoms with van der Waals surface area (Å²) in [5.41, 5.74) is 4.01. The molecule has 0 aliphatic heterocycles. The number of fused-ring (bicyclic) bond motifs is 1. The first kappa shape index (κ1) is 15.3. The fraction of sp³-hybridized carbons (Fsp3) is 0.263. The van der Waals surface area contributed by atoms with Gasteiger partial charge in [0.1, 0.15) is 5.65 Å². The van der Waals surface area contributed by atoms with Crippen LogP contribution in [0.2, 0.25) is 0 Å². The largest absolute Gasteiger partial charge is 0.338 e. The molecule has 0 N–H and O–H groups in total. The van der Waals surface area contributed by atoms with E-state index in [9.17, 15) is 4.79 Å². The average Bonchev–Trinajstić information content (AvgIpc) is 2.94. The number of aryl methyl sites for hydroxylation is 1. The minimum atomic E-state index is 0.108. The van der Waals surface area contributed by atoms with E-state index < -0.39 is 0 Å². The lowest BCUT2D eigenvalue weighted by Crippen LogP contribution is -2.31. The molecule has 2 aromatic heterocycles. The predicted octanol–water partition coefficient (Wildman–Crippen LogP) is 3.23. The number of aromatic nitrogens is 2. The zero-order valence-electron chi connectivity index (χ0n) is 13.6. The van der Waals surface area contributed by atoms with Gasteiger partial charge in [-0.05, 0) is 37.1 Å². The zero-order valence-corrected chi connectivity index (χ0v) is 13.6. The van der Waals surface area contributed by atoms with Gasteiger partial charge in [-0.25, -0.2) is 4.98 Å². The van der Waals surface area contributed by atoms with E-state index in [4.69, 9.17) is 0 Å². The van der Waals surface area contributed by atoms with E-state index in [0.717, 1.165) is 16.9 Å². The minimum absolute atomic E-state index is 0.108. The van der Waals surface area contributed by atoms with Gasteiger partial charge >= 0.3 is 0 Å². The van der Waals surface area contributed by atoms with Crippen LogP contribution in [0.3, 0.4) is 0 Å². The topological polar surface area (TPSA) is 37.6 Å². The van der Waals surface area contributed by atoms with Crippen molar-refractivity contribution in [2.45, 2.75) is 26.8 Å². The van der Waals surface area contributed by atoms with Gasteiger partial charge in [0.2, 0.25) is 5.91 Å². The molecule has 0 unspecified atom stereocenters. The summed E-state index contributed by atoms with van der Waals surface area (Å²) in [5.74, 6) is 0.108. The number of imidazole rings is 1. The summed E-state index contributed by atoms with van der Waals surface area (Å²) in [5, 5.41) is 0. The maximum atomic E-state index is 12.6. The molecule has 0 aliphatic carbocycles. The van der Waals surface area contributed by atoms with E-state index in [0.29, 0.717) is 19.5 Å². The van der Waals surface area contributed by atoms with Crippen LogP contribution in [0.25, 0.3) is 5.65 Å². The van der Waals surface area contributed by atoms with Gasteiger partial charge in [0.05, 0.1) is 12.1 Å². The predicted molar refractivity (Wildman–Crippen MR) is 91.2 cm³/mol. The summed E-state index contributed by atoms with van der Waals surface area (Å²) < 4.78 is 1.96. The third kappa shape index (κ3) is 3.59. The SMILES string of the molecule is CCN(Cc1ccccc1)C(=O)Cc1cn2ccc(C)cc2n1. The van der Waals surface area contributed by atoms with Crippen LogP contribution in [0, 0.1) is 6.92 Å². The molecule has 3 aromatic rings. The minimum Gasteiger partial charge on any atom is -0.338 e. The van der Waals surface area contributed by atoms with E-state index in [2.05, 4.69) is 4.98 Å². The van der Waals surface area contributed by atoms with Gasteiger partial charge in [0.25, 0.3) is 0 Å². The highest BCUT2D eigenvalue weighted by atomic mass is 16.2. The van der Waals surface area contributed by atoms with E-state index in [1.165, 1.54) is 5.56 Å². The highest BCUT2D eigenvalue weighted by molar-refractivity contribution is 5.78. The quantitative estimate of drug-likeness (QED) is 0.726. The molecular weight excluding hydrogens is 286 g/mol. The van der Waals surface area contributed by atoms with Crippen molar-refractivity contribution < 1.29 is 4.79 Å². The highest BCUT2D eigenvalue weighted by Crippen LogP contribution is 2.11. The Hall–Kier alpha value is -2.62. The Labute approximate surface area is 136 Å². The number of benzene rings is 1. The molecule has 4 nitrogen and oxygen atoms in total. The molecule has 0 aliphatic rings. The third-order valence-electron chi connectivity index (χ3n) is 3.95. The Morgan fingerprint density at radius 1 is 1.22 bits per heavy atom. The molecule has 0 fully saturated rings. The van der Waals surface area contributed by atoms with Gasteiger partial charge < -0.3 is 9.30 Å². The molecule has 0 spiro atoms. The normalized spacial score (nSPS) is 10.9. The molecule has 23 heavy (non-hydrogen) atoms. The fourth-order valence-corrected chi connectivity index (χ4v) is 2.67. The lowest BCUT2D eigenvalue weighted by Gasteiger charge is -2.20. The Kier molecular flexibility index (Phi) is 4.42. The van der Waals surface area contributed by atoms with Gasteiger partial charge in [-0.3, -0.25) is 4.79 Å². The molecule has 1 aromatic carbocycles. The van der Waals surface area contributed by atoms with Crippen LogP contribution in [-0.4, -0.2) is 26.7 Å². The van der Waals surface area contributed by atoms with Gasteiger partial charge in [0, 0.05) is 25.5 Å². The lowest BCUT2D eigenvalue weighted by molar-refractivity contribution is -0.130. The van der Waals surface area contributed by atoms with Crippen molar-refractivity contribution in [2.75, 3.05) is 6.54 Å². The number of hydrogen-bond donors (Lipinski definition) is 0. The van der Waals surface area contributed by atoms with Gasteiger partial charge in [0.15, 0.2) is 0 Å². The Morgan fingerprint density at radius 2 is 2.00 bits per heavy atom. The zero-order chi connectivity index (χ0) is 16.2. The Morgan fingerprint density at radius 3 is 2.74 bits per heavy atom. The molecule has 118 valence electrons. The monoisotopic (exact) mass is 307 g/mol. The number of pyridine rings is 1. The second-order valence-electron chi connectivity index (χ2n) is 5.77. The van der Waals surface area contributed by atoms with Crippen LogP contribution in [0.5, 0.6) is 0 Å². The van der Waals surface area contributed by atoms with E-state index in [-0.39, 0.29) is 5.91 Å². The first-order valence-corrected chi connectivity index (χ1v) is 7.91. The molecule has 3 rings (SSSR count). The molecule has 4 heteroatoms. The molecule has 0 bridgehead atoms. The van der Waals surface area contributed by atoms with Crippen LogP contribution in [0.1, 0.15) is 23.7 Å². The number of rotatable bonds is 5. The van der Waals surface area contributed by atoms with Crippen molar-refractivity contribution in [3.8, 4) is 0 Å². The number of carbonyl (C=O) groups excluding carboxylic acids is 1. The van der Waals surface area contributed by atoms with Crippen molar-refractivity contribution in [3.63, 3.8) is 0 Å². The van der Waals surface area contributed by atoms with Crippen LogP contribution in [-0.2, 0) is 17.8 Å². The summed E-state index contributed by atoms with van der Waals surface area (Å²) in [4.78, 5) is 19.0. The van der Waals surface area contributed by atoms with Gasteiger partial charge in [-0.2, -0.15) is 0 Å². The first-order chi connectivity index (χ1) is 11.2. The molecule has 0 saturated carbocycles. The molecule has 0 saturated heterocycles. The summed E-state index contributed by atoms with van der Waals surface area (Å²) in [6, 6.07) is 14.1. The van der Waals surface area contributed by atoms with Crippen molar-refractivity contribution in [2.24, 2.45) is 0 Å². The standard InChI is InChI=1S/C19H21N3O/c1-3-21(13-16-7-5-4-6-8-16)19(23)12-17-14-22-10-9-15(2)11-18(22)20-17/h4-11,14H,3,12-13H2,1-2H3. The van der Waals surface area contributed by atoms with Crippen LogP contribution in [0.15, 0.2) is 54.9 Å². The second-order valence-corrected chi connectivity index (χ2v) is 5.77. The first-order valence-electron chi connectivity index (χ1n) is 7.91. The third-order valence-corrected chi connectivity index (χ3v) is 3.95. The maximum Gasteiger partial charge on any atom is 0.228 e. The van der Waals surface area contributed by atoms with Crippen molar-refractivity contribution in [1.82, 2.24) is 14.3 Å². The second kappa shape index (κ2) is 6.65. The highest BCUT2D eigenvalue weighted by Gasteiger charge is 2.14. The van der Waals surface area contributed by atoms with Gasteiger partial charge in [-0.1, -0.05) is 30.3 Å². The molecule has 2 heterocycles. The van der Waals surface area contributed by atoms with Crippen molar-refractivity contribution >= 4 is 11.6 Å². The molecule has 0 atom stereocenters. The molecular formula is C19H21N3O. The maximum absolute atomic E-state index is 12.6. The van der Waals surface area contributed by atoms with Gasteiger partial charge in [-0.15, -0.1) is 0 Å². The summed E-state index contributed by atoms with van der Waals surface area (Å²) in [6.45, 7) is 5.38. The van der Waals surface area contributed by atoms with Crippen LogP contribution < -0.4 is 0 Å². The number of likely N-dealkylation sites (N-methyl/N-ethyl adjacent to an activating group) is 1. The summed E-state index contributed by atoms with van der Waals surface area (Å²) in [7, 11) is 0. The number of nitrogens with zero attached hydrogens (tertiary/aromatic N) is 3. The van der Waals surface area contributed by atoms with Crippen molar-refractivity contribution in [3.05, 3.63) is 71.7 Å². The Bertz CT molecular complexity index is 808. The lowest BCUT2D eigenvalue weighted by atomic mass is 10.2.